The molecule has 8 nitrogen and oxygen atoms in total. The van der Waals surface area contributed by atoms with E-state index in [1.165, 1.54) is 6.92 Å². The smallest absolute Gasteiger partial charge is 0.368 e. The molecular weight excluding hydrogens is 435 g/mol. The van der Waals surface area contributed by atoms with Crippen molar-refractivity contribution in [2.75, 3.05) is 36.8 Å². The summed E-state index contributed by atoms with van der Waals surface area (Å²) in [5, 5.41) is 11.6. The molecule has 180 valence electrons. The number of anilines is 3. The molecule has 1 aromatic heterocycles. The Morgan fingerprint density at radius 2 is 1.82 bits per heavy atom. The minimum Gasteiger partial charge on any atom is -0.368 e. The van der Waals surface area contributed by atoms with Crippen molar-refractivity contribution in [2.45, 2.75) is 45.6 Å². The molecule has 0 aliphatic carbocycles. The van der Waals surface area contributed by atoms with Crippen molar-refractivity contribution in [3.8, 4) is 0 Å². The van der Waals surface area contributed by atoms with Gasteiger partial charge in [0.2, 0.25) is 11.9 Å². The van der Waals surface area contributed by atoms with Crippen molar-refractivity contribution >= 4 is 23.4 Å². The van der Waals surface area contributed by atoms with E-state index >= 15 is 0 Å². The van der Waals surface area contributed by atoms with Crippen molar-refractivity contribution in [1.82, 2.24) is 25.5 Å². The van der Waals surface area contributed by atoms with Crippen molar-refractivity contribution < 1.29 is 18.0 Å². The zero-order valence-corrected chi connectivity index (χ0v) is 19.0. The molecule has 4 N–H and O–H groups in total. The van der Waals surface area contributed by atoms with Gasteiger partial charge < -0.3 is 21.3 Å². The molecule has 1 saturated heterocycles. The average molecular weight is 466 g/mol. The number of carbonyl (C=O) groups excluding carboxylic acids is 1. The summed E-state index contributed by atoms with van der Waals surface area (Å²) in [6.07, 6.45) is -3.85. The molecule has 3 rings (SSSR count). The lowest BCUT2D eigenvalue weighted by molar-refractivity contribution is -0.137. The summed E-state index contributed by atoms with van der Waals surface area (Å²) in [5.74, 6) is -0.561. The first-order valence-electron chi connectivity index (χ1n) is 10.9. The number of benzene rings is 1. The number of hydrogen-bond donors (Lipinski definition) is 4. The standard InChI is InChI=1S/C22H30F3N7O/c1-14-11-32(12-15(2)29-14)13-17-4-6-18(7-5-17)30-21-28-10-19(22(23,24)25)20(31-21)27-9-8-26-16(3)33/h4-7,10,14-15,29H,8-9,11-13H2,1-3H3,(H,26,33)(H2,27,28,30,31). The molecule has 2 atom stereocenters. The average Bonchev–Trinajstić information content (AvgIpc) is 2.71. The van der Waals surface area contributed by atoms with Crippen LogP contribution in [-0.2, 0) is 17.5 Å². The molecule has 0 bridgehead atoms. The fourth-order valence-electron chi connectivity index (χ4n) is 3.85. The molecule has 0 saturated carbocycles. The van der Waals surface area contributed by atoms with Crippen LogP contribution in [0.1, 0.15) is 31.9 Å². The Balaban J connectivity index is 1.65. The van der Waals surface area contributed by atoms with Crippen LogP contribution in [-0.4, -0.2) is 59.0 Å². The van der Waals surface area contributed by atoms with E-state index in [1.54, 1.807) is 0 Å². The molecule has 33 heavy (non-hydrogen) atoms. The highest BCUT2D eigenvalue weighted by atomic mass is 19.4. The second kappa shape index (κ2) is 10.8. The first-order valence-corrected chi connectivity index (χ1v) is 10.9. The van der Waals surface area contributed by atoms with Crippen LogP contribution < -0.4 is 21.3 Å². The molecular formula is C22H30F3N7O. The number of piperazine rings is 1. The Bertz CT molecular complexity index is 927. The number of amides is 1. The van der Waals surface area contributed by atoms with Crippen molar-refractivity contribution in [1.29, 1.82) is 0 Å². The van der Waals surface area contributed by atoms with Gasteiger partial charge in [-0.25, -0.2) is 4.98 Å². The zero-order valence-electron chi connectivity index (χ0n) is 19.0. The Kier molecular flexibility index (Phi) is 8.09. The minimum absolute atomic E-state index is 0.0440. The van der Waals surface area contributed by atoms with Crippen LogP contribution in [0.3, 0.4) is 0 Å². The highest BCUT2D eigenvalue weighted by Gasteiger charge is 2.35. The lowest BCUT2D eigenvalue weighted by Gasteiger charge is -2.36. The van der Waals surface area contributed by atoms with E-state index < -0.39 is 11.7 Å². The van der Waals surface area contributed by atoms with Crippen LogP contribution in [0.2, 0.25) is 0 Å². The molecule has 2 heterocycles. The molecule has 1 fully saturated rings. The van der Waals surface area contributed by atoms with Crippen LogP contribution in [0.5, 0.6) is 0 Å². The van der Waals surface area contributed by atoms with E-state index in [0.29, 0.717) is 17.8 Å². The predicted octanol–water partition coefficient (Wildman–Crippen LogP) is 2.97. The van der Waals surface area contributed by atoms with Gasteiger partial charge in [0, 0.05) is 63.6 Å². The third-order valence-electron chi connectivity index (χ3n) is 5.13. The van der Waals surface area contributed by atoms with Gasteiger partial charge >= 0.3 is 6.18 Å². The molecule has 1 amide bonds. The SMILES string of the molecule is CC(=O)NCCNc1nc(Nc2ccc(CN3CC(C)NC(C)C3)cc2)ncc1C(F)(F)F. The second-order valence-corrected chi connectivity index (χ2v) is 8.35. The number of nitrogens with zero attached hydrogens (tertiary/aromatic N) is 3. The molecule has 1 aliphatic heterocycles. The zero-order chi connectivity index (χ0) is 24.0. The Labute approximate surface area is 191 Å². The van der Waals surface area contributed by atoms with Crippen LogP contribution >= 0.6 is 0 Å². The van der Waals surface area contributed by atoms with Crippen molar-refractivity contribution in [3.63, 3.8) is 0 Å². The maximum absolute atomic E-state index is 13.3. The Morgan fingerprint density at radius 1 is 1.15 bits per heavy atom. The topological polar surface area (TPSA) is 94.2 Å². The van der Waals surface area contributed by atoms with Gasteiger partial charge in [-0.2, -0.15) is 18.2 Å². The number of nitrogens with one attached hydrogen (secondary N) is 4. The number of rotatable bonds is 8. The van der Waals surface area contributed by atoms with E-state index in [0.717, 1.165) is 31.4 Å². The van der Waals surface area contributed by atoms with E-state index in [4.69, 9.17) is 0 Å². The van der Waals surface area contributed by atoms with Gasteiger partial charge in [0.15, 0.2) is 0 Å². The summed E-state index contributed by atoms with van der Waals surface area (Å²) in [4.78, 5) is 21.2. The maximum Gasteiger partial charge on any atom is 0.421 e. The molecule has 2 unspecified atom stereocenters. The quantitative estimate of drug-likeness (QED) is 0.446. The summed E-state index contributed by atoms with van der Waals surface area (Å²) in [6, 6.07) is 8.55. The largest absolute Gasteiger partial charge is 0.421 e. The molecule has 1 aliphatic rings. The lowest BCUT2D eigenvalue weighted by atomic mass is 10.1. The van der Waals surface area contributed by atoms with Gasteiger partial charge in [-0.3, -0.25) is 9.69 Å². The molecule has 11 heteroatoms. The number of alkyl halides is 3. The van der Waals surface area contributed by atoms with Crippen LogP contribution in [0.25, 0.3) is 0 Å². The van der Waals surface area contributed by atoms with Gasteiger partial charge in [-0.1, -0.05) is 12.1 Å². The first-order chi connectivity index (χ1) is 15.6. The van der Waals surface area contributed by atoms with Gasteiger partial charge in [-0.05, 0) is 31.5 Å². The third-order valence-corrected chi connectivity index (χ3v) is 5.13. The first kappa shape index (κ1) is 24.7. The predicted molar refractivity (Wildman–Crippen MR) is 121 cm³/mol. The highest BCUT2D eigenvalue weighted by molar-refractivity contribution is 5.72. The van der Waals surface area contributed by atoms with Gasteiger partial charge in [0.25, 0.3) is 0 Å². The number of carbonyl (C=O) groups is 1. The Hall–Kier alpha value is -2.92. The molecule has 0 spiro atoms. The summed E-state index contributed by atoms with van der Waals surface area (Å²) in [7, 11) is 0. The number of hydrogen-bond acceptors (Lipinski definition) is 7. The minimum atomic E-state index is -4.60. The van der Waals surface area contributed by atoms with Gasteiger partial charge in [0.1, 0.15) is 11.4 Å². The van der Waals surface area contributed by atoms with Gasteiger partial charge in [-0.15, -0.1) is 0 Å². The molecule has 1 aromatic carbocycles. The van der Waals surface area contributed by atoms with Crippen LogP contribution in [0.4, 0.5) is 30.6 Å². The normalized spacial score (nSPS) is 19.2. The van der Waals surface area contributed by atoms with Crippen molar-refractivity contribution in [2.24, 2.45) is 0 Å². The lowest BCUT2D eigenvalue weighted by Crippen LogP contribution is -2.53. The molecule has 0 radical (unpaired) electrons. The van der Waals surface area contributed by atoms with E-state index in [-0.39, 0.29) is 30.8 Å². The highest BCUT2D eigenvalue weighted by Crippen LogP contribution is 2.34. The third kappa shape index (κ3) is 7.57. The fourth-order valence-corrected chi connectivity index (χ4v) is 3.85. The van der Waals surface area contributed by atoms with E-state index in [2.05, 4.69) is 50.0 Å². The summed E-state index contributed by atoms with van der Waals surface area (Å²) in [5.41, 5.74) is 0.853. The monoisotopic (exact) mass is 465 g/mol. The van der Waals surface area contributed by atoms with E-state index in [9.17, 15) is 18.0 Å². The second-order valence-electron chi connectivity index (χ2n) is 8.35. The number of aromatic nitrogens is 2. The Morgan fingerprint density at radius 3 is 2.42 bits per heavy atom. The summed E-state index contributed by atoms with van der Waals surface area (Å²) in [6.45, 7) is 8.72. The fraction of sp³-hybridized carbons (Fsp3) is 0.500. The summed E-state index contributed by atoms with van der Waals surface area (Å²) >= 11 is 0. The maximum atomic E-state index is 13.3. The molecule has 2 aromatic rings. The van der Waals surface area contributed by atoms with Crippen LogP contribution in [0, 0.1) is 0 Å². The van der Waals surface area contributed by atoms with Gasteiger partial charge in [0.05, 0.1) is 0 Å². The summed E-state index contributed by atoms with van der Waals surface area (Å²) < 4.78 is 39.9. The van der Waals surface area contributed by atoms with E-state index in [1.807, 2.05) is 24.3 Å². The van der Waals surface area contributed by atoms with Crippen molar-refractivity contribution in [3.05, 3.63) is 41.6 Å². The van der Waals surface area contributed by atoms with Crippen LogP contribution in [0.15, 0.2) is 30.5 Å². The number of halogens is 3.